The Morgan fingerprint density at radius 1 is 1.21 bits per heavy atom. The maximum absolute atomic E-state index is 5.52. The van der Waals surface area contributed by atoms with Crippen LogP contribution in [-0.2, 0) is 4.52 Å². The summed E-state index contributed by atoms with van der Waals surface area (Å²) in [4.78, 5) is 0. The molecule has 0 aliphatic heterocycles. The van der Waals surface area contributed by atoms with E-state index in [1.54, 1.807) is 0 Å². The first-order valence-electron chi connectivity index (χ1n) is 7.94. The second-order valence-electron chi connectivity index (χ2n) is 7.06. The Morgan fingerprint density at radius 3 is 2.37 bits per heavy atom. The Hall–Kier alpha value is 0.130. The first-order chi connectivity index (χ1) is 8.90. The van der Waals surface area contributed by atoms with Crippen LogP contribution in [0.5, 0.6) is 0 Å². The molecular formula is C17H33OP. The second-order valence-corrected chi connectivity index (χ2v) is 7.33. The molecule has 1 rings (SSSR count). The minimum Gasteiger partial charge on any atom is -0.362 e. The molecule has 0 aromatic carbocycles. The SMILES string of the molecule is CC(C)[C@@H](CC[C@@H](C)[C@@H](C)[C@]1(C)C=CCCC1)OP. The zero-order valence-corrected chi connectivity index (χ0v) is 14.6. The van der Waals surface area contributed by atoms with E-state index in [1.807, 2.05) is 0 Å². The van der Waals surface area contributed by atoms with Gasteiger partial charge in [-0.05, 0) is 55.3 Å². The van der Waals surface area contributed by atoms with Crippen LogP contribution in [0.1, 0.15) is 66.7 Å². The van der Waals surface area contributed by atoms with Crippen molar-refractivity contribution >= 4 is 9.47 Å². The summed E-state index contributed by atoms with van der Waals surface area (Å²) in [6.07, 6.45) is 11.7. The van der Waals surface area contributed by atoms with Gasteiger partial charge in [-0.25, -0.2) is 0 Å². The summed E-state index contributed by atoms with van der Waals surface area (Å²) < 4.78 is 5.52. The molecule has 0 radical (unpaired) electrons. The predicted molar refractivity (Wildman–Crippen MR) is 88.1 cm³/mol. The molecule has 0 saturated heterocycles. The van der Waals surface area contributed by atoms with Crippen molar-refractivity contribution in [2.45, 2.75) is 72.8 Å². The topological polar surface area (TPSA) is 9.23 Å². The maximum atomic E-state index is 5.52. The van der Waals surface area contributed by atoms with Gasteiger partial charge in [-0.15, -0.1) is 0 Å². The second kappa shape index (κ2) is 7.79. The zero-order chi connectivity index (χ0) is 14.5. The van der Waals surface area contributed by atoms with Crippen LogP contribution in [0.2, 0.25) is 0 Å². The van der Waals surface area contributed by atoms with E-state index in [9.17, 15) is 0 Å². The third kappa shape index (κ3) is 4.87. The van der Waals surface area contributed by atoms with E-state index in [1.165, 1.54) is 32.1 Å². The van der Waals surface area contributed by atoms with Crippen molar-refractivity contribution in [3.8, 4) is 0 Å². The molecule has 1 aliphatic carbocycles. The van der Waals surface area contributed by atoms with Crippen molar-refractivity contribution in [2.24, 2.45) is 23.2 Å². The number of rotatable bonds is 7. The monoisotopic (exact) mass is 284 g/mol. The number of hydrogen-bond acceptors (Lipinski definition) is 1. The van der Waals surface area contributed by atoms with Crippen LogP contribution in [0.4, 0.5) is 0 Å². The van der Waals surface area contributed by atoms with E-state index >= 15 is 0 Å². The minimum atomic E-state index is 0.384. The largest absolute Gasteiger partial charge is 0.362 e. The highest BCUT2D eigenvalue weighted by Gasteiger charge is 2.33. The molecule has 0 N–H and O–H groups in total. The molecule has 1 nitrogen and oxygen atoms in total. The lowest BCUT2D eigenvalue weighted by molar-refractivity contribution is 0.128. The molecule has 0 saturated carbocycles. The molecule has 0 heterocycles. The molecule has 2 heteroatoms. The molecule has 0 aromatic rings. The van der Waals surface area contributed by atoms with Crippen LogP contribution >= 0.6 is 9.47 Å². The lowest BCUT2D eigenvalue weighted by Crippen LogP contribution is -2.30. The molecule has 0 fully saturated rings. The van der Waals surface area contributed by atoms with Crippen LogP contribution in [0.3, 0.4) is 0 Å². The van der Waals surface area contributed by atoms with Crippen LogP contribution in [0, 0.1) is 23.2 Å². The molecule has 1 unspecified atom stereocenters. The summed E-state index contributed by atoms with van der Waals surface area (Å²) in [7, 11) is 2.44. The van der Waals surface area contributed by atoms with Crippen molar-refractivity contribution in [2.75, 3.05) is 0 Å². The molecule has 5 atom stereocenters. The molecule has 112 valence electrons. The van der Waals surface area contributed by atoms with Gasteiger partial charge in [0.2, 0.25) is 0 Å². The molecular weight excluding hydrogens is 251 g/mol. The van der Waals surface area contributed by atoms with Gasteiger partial charge in [0.05, 0.1) is 6.10 Å². The average Bonchev–Trinajstić information content (AvgIpc) is 2.38. The summed E-state index contributed by atoms with van der Waals surface area (Å²) in [6, 6.07) is 0. The van der Waals surface area contributed by atoms with Crippen LogP contribution < -0.4 is 0 Å². The highest BCUT2D eigenvalue weighted by molar-refractivity contribution is 7.09. The third-order valence-corrected chi connectivity index (χ3v) is 5.65. The van der Waals surface area contributed by atoms with Crippen molar-refractivity contribution in [1.29, 1.82) is 0 Å². The Balaban J connectivity index is 2.50. The van der Waals surface area contributed by atoms with E-state index in [0.29, 0.717) is 17.4 Å². The quantitative estimate of drug-likeness (QED) is 0.435. The summed E-state index contributed by atoms with van der Waals surface area (Å²) in [6.45, 7) is 11.8. The molecule has 0 amide bonds. The average molecular weight is 284 g/mol. The van der Waals surface area contributed by atoms with Gasteiger partial charge in [0.15, 0.2) is 0 Å². The van der Waals surface area contributed by atoms with Gasteiger partial charge < -0.3 is 4.52 Å². The predicted octanol–water partition coefficient (Wildman–Crippen LogP) is 5.62. The first kappa shape index (κ1) is 17.2. The highest BCUT2D eigenvalue weighted by Crippen LogP contribution is 2.42. The standard InChI is InChI=1S/C17H33OP/c1-13(2)16(18-19)10-9-14(3)15(4)17(5)11-7-6-8-12-17/h7,11,13-16H,6,8-10,12,19H2,1-5H3/t14-,15-,16-,17-/m1/s1. The fraction of sp³-hybridized carbons (Fsp3) is 0.882. The van der Waals surface area contributed by atoms with Crippen molar-refractivity contribution in [3.05, 3.63) is 12.2 Å². The Morgan fingerprint density at radius 2 is 1.89 bits per heavy atom. The summed E-state index contributed by atoms with van der Waals surface area (Å²) in [5.74, 6) is 2.11. The molecule has 1 aliphatic rings. The summed E-state index contributed by atoms with van der Waals surface area (Å²) in [5, 5.41) is 0. The molecule has 0 spiro atoms. The Bertz CT molecular complexity index is 287. The summed E-state index contributed by atoms with van der Waals surface area (Å²) in [5.41, 5.74) is 0.410. The van der Waals surface area contributed by atoms with Crippen LogP contribution in [0.15, 0.2) is 12.2 Å². The lowest BCUT2D eigenvalue weighted by Gasteiger charge is -2.39. The fourth-order valence-corrected chi connectivity index (χ4v) is 3.75. The Kier molecular flexibility index (Phi) is 7.05. The highest BCUT2D eigenvalue weighted by atomic mass is 31.0. The molecule has 0 bridgehead atoms. The Labute approximate surface area is 122 Å². The van der Waals surface area contributed by atoms with Crippen LogP contribution in [0.25, 0.3) is 0 Å². The molecule has 0 aromatic heterocycles. The summed E-state index contributed by atoms with van der Waals surface area (Å²) >= 11 is 0. The van der Waals surface area contributed by atoms with E-state index in [-0.39, 0.29) is 0 Å². The maximum Gasteiger partial charge on any atom is 0.0633 e. The van der Waals surface area contributed by atoms with Crippen molar-refractivity contribution < 1.29 is 4.52 Å². The van der Waals surface area contributed by atoms with Gasteiger partial charge >= 0.3 is 0 Å². The molecule has 19 heavy (non-hydrogen) atoms. The lowest BCUT2D eigenvalue weighted by atomic mass is 9.66. The van der Waals surface area contributed by atoms with Gasteiger partial charge in [-0.1, -0.05) is 46.8 Å². The van der Waals surface area contributed by atoms with Gasteiger partial charge in [-0.3, -0.25) is 0 Å². The third-order valence-electron chi connectivity index (χ3n) is 5.30. The van der Waals surface area contributed by atoms with Crippen molar-refractivity contribution in [3.63, 3.8) is 0 Å². The van der Waals surface area contributed by atoms with E-state index < -0.39 is 0 Å². The van der Waals surface area contributed by atoms with E-state index in [0.717, 1.165) is 11.8 Å². The first-order valence-corrected chi connectivity index (χ1v) is 8.41. The van der Waals surface area contributed by atoms with Crippen molar-refractivity contribution in [1.82, 2.24) is 0 Å². The van der Waals surface area contributed by atoms with Gasteiger partial charge in [0.25, 0.3) is 0 Å². The number of allylic oxidation sites excluding steroid dienone is 2. The fourth-order valence-electron chi connectivity index (χ4n) is 3.30. The van der Waals surface area contributed by atoms with E-state index in [4.69, 9.17) is 4.52 Å². The smallest absolute Gasteiger partial charge is 0.0633 e. The zero-order valence-electron chi connectivity index (χ0n) is 13.5. The van der Waals surface area contributed by atoms with Gasteiger partial charge in [0, 0.05) is 9.47 Å². The van der Waals surface area contributed by atoms with Crippen LogP contribution in [-0.4, -0.2) is 6.10 Å². The van der Waals surface area contributed by atoms with Gasteiger partial charge in [0.1, 0.15) is 0 Å². The van der Waals surface area contributed by atoms with Gasteiger partial charge in [-0.2, -0.15) is 0 Å². The minimum absolute atomic E-state index is 0.384. The van der Waals surface area contributed by atoms with E-state index in [2.05, 4.69) is 56.2 Å². The normalized spacial score (nSPS) is 28.4. The number of hydrogen-bond donors (Lipinski definition) is 0.